The Hall–Kier alpha value is -3.15. The van der Waals surface area contributed by atoms with E-state index in [1.54, 1.807) is 12.4 Å². The minimum atomic E-state index is -0.556. The fourth-order valence-corrected chi connectivity index (χ4v) is 4.82. The van der Waals surface area contributed by atoms with Crippen molar-refractivity contribution < 1.29 is 27.2 Å². The summed E-state index contributed by atoms with van der Waals surface area (Å²) in [5.41, 5.74) is 6.47. The average molecular weight is 591 g/mol. The predicted octanol–water partition coefficient (Wildman–Crippen LogP) is 9.52. The Labute approximate surface area is 245 Å². The number of hydrogen-bond donors (Lipinski definition) is 2. The summed E-state index contributed by atoms with van der Waals surface area (Å²) < 4.78 is 0. The van der Waals surface area contributed by atoms with Gasteiger partial charge >= 0.3 is 35.6 Å². The Balaban J connectivity index is 0.00000112. The van der Waals surface area contributed by atoms with E-state index < -0.39 is 17.0 Å². The molecule has 0 amide bonds. The minimum absolute atomic E-state index is 0.222. The molecule has 5 rings (SSSR count). The van der Waals surface area contributed by atoms with Crippen LogP contribution in [0.4, 0.5) is 11.4 Å². The molecule has 0 spiro atoms. The molecule has 0 saturated heterocycles. The van der Waals surface area contributed by atoms with Gasteiger partial charge in [0.05, 0.1) is 11.4 Å². The topological polar surface area (TPSA) is 65.2 Å². The van der Waals surface area contributed by atoms with Crippen LogP contribution in [0, 0.1) is 27.7 Å². The molecule has 39 heavy (non-hydrogen) atoms. The third-order valence-electron chi connectivity index (χ3n) is 6.49. The van der Waals surface area contributed by atoms with Gasteiger partial charge in [-0.05, 0) is 72.9 Å². The van der Waals surface area contributed by atoms with Crippen LogP contribution in [-0.2, 0) is 17.0 Å². The fraction of sp³-hybridized carbons (Fsp3) is 0.125. The summed E-state index contributed by atoms with van der Waals surface area (Å²) in [7, 11) is 9.78. The Morgan fingerprint density at radius 2 is 0.923 bits per heavy atom. The summed E-state index contributed by atoms with van der Waals surface area (Å²) >= 11 is -0.556. The first kappa shape index (κ1) is 28.9. The van der Waals surface area contributed by atoms with Crippen LogP contribution in [0.2, 0.25) is 0 Å². The van der Waals surface area contributed by atoms with Crippen molar-refractivity contribution in [3.63, 3.8) is 0 Å². The van der Waals surface area contributed by atoms with Gasteiger partial charge in [-0.25, -0.2) is 0 Å². The molecule has 0 radical (unpaired) electrons. The van der Waals surface area contributed by atoms with Gasteiger partial charge in [0.2, 0.25) is 0 Å². The van der Waals surface area contributed by atoms with Gasteiger partial charge in [0.15, 0.2) is 0 Å². The summed E-state index contributed by atoms with van der Waals surface area (Å²) in [6, 6.07) is 24.0. The van der Waals surface area contributed by atoms with Crippen LogP contribution in [-0.4, -0.2) is 22.6 Å². The molecule has 0 atom stereocenters. The van der Waals surface area contributed by atoms with Gasteiger partial charge in [-0.3, -0.25) is 9.98 Å². The Morgan fingerprint density at radius 1 is 0.590 bits per heavy atom. The van der Waals surface area contributed by atoms with Crippen molar-refractivity contribution in [3.05, 3.63) is 106 Å². The first-order valence-electron chi connectivity index (χ1n) is 12.3. The number of halogens is 2. The van der Waals surface area contributed by atoms with Crippen LogP contribution < -0.4 is 0 Å². The standard InChI is InChI=1S/C32H28N2O2.2ClH.Ti/c1-19-13-21(3)31(35)23(15-19)17-33-29-27-11-7-5-9-25(27)26-10-6-8-12-28(26)30(29)34-18-24-16-20(2)14-22(4)32(24)36;;;/h5-18,35-36H,1-4H3;2*1H;/q;;;+2/p-2. The van der Waals surface area contributed by atoms with Crippen LogP contribution in [0.25, 0.3) is 21.5 Å². The number of aryl methyl sites for hydroxylation is 4. The van der Waals surface area contributed by atoms with Crippen molar-refractivity contribution in [3.8, 4) is 11.5 Å². The van der Waals surface area contributed by atoms with Crippen molar-refractivity contribution in [1.29, 1.82) is 0 Å². The van der Waals surface area contributed by atoms with Gasteiger partial charge in [-0.2, -0.15) is 0 Å². The third kappa shape index (κ3) is 6.37. The molecule has 0 aliphatic rings. The van der Waals surface area contributed by atoms with Gasteiger partial charge in [0.25, 0.3) is 0 Å². The molecular formula is C32H28Cl2N2O2Ti. The van der Waals surface area contributed by atoms with E-state index in [1.807, 2.05) is 88.4 Å². The number of rotatable bonds is 4. The molecule has 5 aromatic rings. The summed E-state index contributed by atoms with van der Waals surface area (Å²) in [4.78, 5) is 9.81. The molecule has 5 aromatic carbocycles. The van der Waals surface area contributed by atoms with Gasteiger partial charge < -0.3 is 10.2 Å². The molecule has 196 valence electrons. The van der Waals surface area contributed by atoms with Crippen molar-refractivity contribution in [2.45, 2.75) is 27.7 Å². The molecule has 0 bridgehead atoms. The number of phenolic OH excluding ortho intramolecular Hbond substituents is 2. The monoisotopic (exact) mass is 590 g/mol. The van der Waals surface area contributed by atoms with Crippen molar-refractivity contribution in [2.75, 3.05) is 0 Å². The molecule has 4 nitrogen and oxygen atoms in total. The molecule has 7 heteroatoms. The van der Waals surface area contributed by atoms with Crippen molar-refractivity contribution >= 4 is 64.0 Å². The van der Waals surface area contributed by atoms with E-state index in [4.69, 9.17) is 28.6 Å². The molecule has 0 unspecified atom stereocenters. The van der Waals surface area contributed by atoms with E-state index >= 15 is 0 Å². The first-order valence-corrected chi connectivity index (χ1v) is 16.6. The van der Waals surface area contributed by atoms with Crippen LogP contribution in [0.5, 0.6) is 11.5 Å². The average Bonchev–Trinajstić information content (AvgIpc) is 2.91. The second-order valence-corrected chi connectivity index (χ2v) is 12.0. The van der Waals surface area contributed by atoms with Crippen LogP contribution in [0.15, 0.2) is 82.8 Å². The van der Waals surface area contributed by atoms with Gasteiger partial charge in [-0.1, -0.05) is 60.7 Å². The number of aliphatic imine (C=N–C) groups is 2. The zero-order valence-electron chi connectivity index (χ0n) is 22.1. The first-order chi connectivity index (χ1) is 18.7. The zero-order valence-corrected chi connectivity index (χ0v) is 25.2. The molecule has 0 fully saturated rings. The molecule has 0 aromatic heterocycles. The number of phenols is 2. The second-order valence-electron chi connectivity index (χ2n) is 9.42. The Kier molecular flexibility index (Phi) is 9.47. The van der Waals surface area contributed by atoms with E-state index in [1.165, 1.54) is 0 Å². The molecule has 2 N–H and O–H groups in total. The van der Waals surface area contributed by atoms with Crippen molar-refractivity contribution in [2.24, 2.45) is 9.98 Å². The SMILES string of the molecule is Cc1cc(C)c(O)c(C=Nc2c(N=Cc3cc(C)cc(C)c3O)c3ccccc3c3ccccc23)c1.[Cl][Ti][Cl]. The molecule has 0 aliphatic carbocycles. The maximum atomic E-state index is 10.6. The van der Waals surface area contributed by atoms with Gasteiger partial charge in [0.1, 0.15) is 11.5 Å². The molecule has 0 saturated carbocycles. The fourth-order valence-electron chi connectivity index (χ4n) is 4.82. The van der Waals surface area contributed by atoms with Crippen LogP contribution >= 0.6 is 18.6 Å². The molecule has 0 aliphatic heterocycles. The summed E-state index contributed by atoms with van der Waals surface area (Å²) in [6.45, 7) is 7.77. The molecule has 0 heterocycles. The summed E-state index contributed by atoms with van der Waals surface area (Å²) in [5.74, 6) is 0.444. The van der Waals surface area contributed by atoms with Crippen molar-refractivity contribution in [1.82, 2.24) is 0 Å². The second kappa shape index (κ2) is 12.8. The zero-order chi connectivity index (χ0) is 28.1. The number of nitrogens with zero attached hydrogens (tertiary/aromatic N) is 2. The number of aromatic hydroxyl groups is 2. The normalized spacial score (nSPS) is 11.3. The third-order valence-corrected chi connectivity index (χ3v) is 6.49. The predicted molar refractivity (Wildman–Crippen MR) is 163 cm³/mol. The van der Waals surface area contributed by atoms with Crippen LogP contribution in [0.3, 0.4) is 0 Å². The quantitative estimate of drug-likeness (QED) is 0.124. The van der Waals surface area contributed by atoms with Gasteiger partial charge in [0, 0.05) is 34.3 Å². The maximum absolute atomic E-state index is 10.6. The van der Waals surface area contributed by atoms with E-state index in [2.05, 4.69) is 12.1 Å². The van der Waals surface area contributed by atoms with E-state index in [-0.39, 0.29) is 11.5 Å². The summed E-state index contributed by atoms with van der Waals surface area (Å²) in [6.07, 6.45) is 3.42. The van der Waals surface area contributed by atoms with E-state index in [0.29, 0.717) is 22.5 Å². The van der Waals surface area contributed by atoms with E-state index in [0.717, 1.165) is 43.8 Å². The van der Waals surface area contributed by atoms with E-state index in [9.17, 15) is 10.2 Å². The van der Waals surface area contributed by atoms with Gasteiger partial charge in [-0.15, -0.1) is 0 Å². The Morgan fingerprint density at radius 3 is 1.28 bits per heavy atom. The van der Waals surface area contributed by atoms with Crippen LogP contribution in [0.1, 0.15) is 33.4 Å². The number of hydrogen-bond acceptors (Lipinski definition) is 4. The Bertz CT molecular complexity index is 1610. The molecular weight excluding hydrogens is 563 g/mol. The number of fused-ring (bicyclic) bond motifs is 3. The summed E-state index contributed by atoms with van der Waals surface area (Å²) in [5, 5.41) is 25.4. The number of benzene rings is 5.